The van der Waals surface area contributed by atoms with Crippen LogP contribution in [0.3, 0.4) is 0 Å². The van der Waals surface area contributed by atoms with Crippen molar-refractivity contribution in [1.29, 1.82) is 0 Å². The van der Waals surface area contributed by atoms with Crippen molar-refractivity contribution in [3.8, 4) is 5.75 Å². The molecule has 4 aromatic carbocycles. The van der Waals surface area contributed by atoms with Crippen molar-refractivity contribution in [2.45, 2.75) is 50.9 Å². The van der Waals surface area contributed by atoms with Gasteiger partial charge in [-0.05, 0) is 136 Å². The molecular weight excluding hydrogens is 729 g/mol. The van der Waals surface area contributed by atoms with E-state index in [2.05, 4.69) is 10.2 Å². The smallest absolute Gasteiger partial charge is 0.377 e. The normalized spacial score (nSPS) is 14.6. The molecule has 0 radical (unpaired) electrons. The fourth-order valence-electron chi connectivity index (χ4n) is 5.24. The van der Waals surface area contributed by atoms with E-state index < -0.39 is 47.2 Å². The van der Waals surface area contributed by atoms with E-state index in [0.717, 1.165) is 75.2 Å². The Balaban J connectivity index is 0.000000240. The third-order valence-corrected chi connectivity index (χ3v) is 8.63. The number of likely N-dealkylation sites (tertiary alicyclic amines) is 1. The standard InChI is InChI=1S/C24H26ClFN2O4.C8H5FO3.C8H7FO/c25-19-13-16(5-10-21(19)32-18-8-9-18)22(29)20(14-28-11-1-2-12-28)27-24(31)23(30)15-3-6-17(26)7-4-15;9-6-3-1-5(2-4-6)7(10)8(11)12;1-6(10)7-2-4-8(9)5-3-7/h3-7,10,13,18,20,22,29H,1-2,8-9,11-12,14H2,(H,27,31);1-4H,(H,11,12);2-5H,1H3/t20-,22-;;/m1../s1. The van der Waals surface area contributed by atoms with E-state index in [1.54, 1.807) is 18.2 Å². The number of amides is 1. The summed E-state index contributed by atoms with van der Waals surface area (Å²) in [6, 6.07) is 19.0. The van der Waals surface area contributed by atoms with Crippen LogP contribution in [0.5, 0.6) is 5.75 Å². The molecule has 2 atom stereocenters. The lowest BCUT2D eigenvalue weighted by Gasteiger charge is -2.28. The highest BCUT2D eigenvalue weighted by Gasteiger charge is 2.30. The van der Waals surface area contributed by atoms with Gasteiger partial charge in [-0.2, -0.15) is 0 Å². The number of rotatable bonds is 12. The van der Waals surface area contributed by atoms with Crippen LogP contribution in [-0.4, -0.2) is 76.1 Å². The number of carbonyl (C=O) groups excluding carboxylic acids is 4. The van der Waals surface area contributed by atoms with Crippen LogP contribution in [0.4, 0.5) is 13.2 Å². The van der Waals surface area contributed by atoms with Gasteiger partial charge in [-0.3, -0.25) is 19.2 Å². The molecular formula is C40H38ClF3N2O8. The number of hydrogen-bond acceptors (Lipinski definition) is 8. The summed E-state index contributed by atoms with van der Waals surface area (Å²) in [5.74, 6) is -4.99. The second-order valence-electron chi connectivity index (χ2n) is 12.6. The SMILES string of the molecule is CC(=O)c1ccc(F)cc1.O=C(N[C@H](CN1CCCC1)[C@H](O)c1ccc(OC2CC2)c(Cl)c1)C(=O)c1ccc(F)cc1.O=C(O)C(=O)c1ccc(F)cc1. The van der Waals surface area contributed by atoms with Crippen molar-refractivity contribution in [2.24, 2.45) is 0 Å². The molecule has 3 N–H and O–H groups in total. The molecule has 0 aromatic heterocycles. The van der Waals surface area contributed by atoms with E-state index >= 15 is 0 Å². The first-order valence-electron chi connectivity index (χ1n) is 17.0. The zero-order valence-corrected chi connectivity index (χ0v) is 29.9. The molecule has 284 valence electrons. The van der Waals surface area contributed by atoms with Crippen LogP contribution in [0, 0.1) is 17.5 Å². The van der Waals surface area contributed by atoms with Crippen molar-refractivity contribution in [3.63, 3.8) is 0 Å². The van der Waals surface area contributed by atoms with Gasteiger partial charge in [-0.25, -0.2) is 18.0 Å². The third kappa shape index (κ3) is 12.6. The maximum Gasteiger partial charge on any atom is 0.377 e. The highest BCUT2D eigenvalue weighted by atomic mass is 35.5. The molecule has 1 saturated heterocycles. The van der Waals surface area contributed by atoms with Gasteiger partial charge in [-0.15, -0.1) is 0 Å². The molecule has 10 nitrogen and oxygen atoms in total. The molecule has 1 aliphatic carbocycles. The maximum atomic E-state index is 13.1. The van der Waals surface area contributed by atoms with E-state index in [0.29, 0.717) is 28.4 Å². The van der Waals surface area contributed by atoms with Crippen LogP contribution in [0.1, 0.15) is 75.3 Å². The highest BCUT2D eigenvalue weighted by Crippen LogP contribution is 2.34. The summed E-state index contributed by atoms with van der Waals surface area (Å²) >= 11 is 6.35. The lowest BCUT2D eigenvalue weighted by Crippen LogP contribution is -2.48. The van der Waals surface area contributed by atoms with Gasteiger partial charge in [0.15, 0.2) is 5.78 Å². The van der Waals surface area contributed by atoms with Gasteiger partial charge in [0.05, 0.1) is 17.2 Å². The Morgan fingerprint density at radius 1 is 0.778 bits per heavy atom. The summed E-state index contributed by atoms with van der Waals surface area (Å²) in [6.45, 7) is 3.56. The Bertz CT molecular complexity index is 1930. The van der Waals surface area contributed by atoms with Gasteiger partial charge < -0.3 is 25.2 Å². The number of carboxylic acids is 1. The van der Waals surface area contributed by atoms with Crippen LogP contribution < -0.4 is 10.1 Å². The highest BCUT2D eigenvalue weighted by molar-refractivity contribution is 6.43. The number of nitrogens with one attached hydrogen (secondary N) is 1. The van der Waals surface area contributed by atoms with Crippen molar-refractivity contribution in [2.75, 3.05) is 19.6 Å². The Hall–Kier alpha value is -5.37. The number of halogens is 4. The molecule has 0 spiro atoms. The minimum absolute atomic E-state index is 0.0242. The second-order valence-corrected chi connectivity index (χ2v) is 13.0. The molecule has 0 unspecified atom stereocenters. The summed E-state index contributed by atoms with van der Waals surface area (Å²) < 4.78 is 43.4. The number of aliphatic hydroxyl groups is 1. The lowest BCUT2D eigenvalue weighted by atomic mass is 10.0. The first kappa shape index (κ1) is 41.4. The number of carbonyl (C=O) groups is 5. The monoisotopic (exact) mass is 766 g/mol. The summed E-state index contributed by atoms with van der Waals surface area (Å²) in [7, 11) is 0. The van der Waals surface area contributed by atoms with Gasteiger partial charge in [-0.1, -0.05) is 17.7 Å². The fraction of sp³-hybridized carbons (Fsp3) is 0.275. The minimum atomic E-state index is -1.54. The molecule has 1 saturated carbocycles. The molecule has 6 rings (SSSR count). The largest absolute Gasteiger partial charge is 0.489 e. The van der Waals surface area contributed by atoms with E-state index in [-0.39, 0.29) is 28.8 Å². The number of hydrogen-bond donors (Lipinski definition) is 3. The maximum absolute atomic E-state index is 13.1. The molecule has 2 fully saturated rings. The zero-order chi connectivity index (χ0) is 39.4. The topological polar surface area (TPSA) is 150 Å². The Morgan fingerprint density at radius 3 is 1.70 bits per heavy atom. The average Bonchev–Trinajstić information content (AvgIpc) is 3.83. The summed E-state index contributed by atoms with van der Waals surface area (Å²) in [5, 5.41) is 22.4. The fourth-order valence-corrected chi connectivity index (χ4v) is 5.47. The van der Waals surface area contributed by atoms with E-state index in [4.69, 9.17) is 21.4 Å². The summed E-state index contributed by atoms with van der Waals surface area (Å²) in [6.07, 6.45) is 3.23. The molecule has 0 bridgehead atoms. The number of aliphatic hydroxyl groups excluding tert-OH is 1. The Morgan fingerprint density at radius 2 is 1.26 bits per heavy atom. The lowest BCUT2D eigenvalue weighted by molar-refractivity contribution is -0.131. The minimum Gasteiger partial charge on any atom is -0.489 e. The van der Waals surface area contributed by atoms with Crippen LogP contribution >= 0.6 is 11.6 Å². The number of Topliss-reactive ketones (excluding diaryl/α,β-unsaturated/α-hetero) is 3. The number of carboxylic acid groups (broad SMARTS) is 1. The molecule has 4 aromatic rings. The van der Waals surface area contributed by atoms with Crippen molar-refractivity contribution in [3.05, 3.63) is 136 Å². The number of ether oxygens (including phenoxy) is 1. The first-order valence-corrected chi connectivity index (χ1v) is 17.4. The number of aliphatic carboxylic acids is 1. The molecule has 1 amide bonds. The number of benzene rings is 4. The van der Waals surface area contributed by atoms with Gasteiger partial charge >= 0.3 is 5.97 Å². The van der Waals surface area contributed by atoms with Gasteiger partial charge in [0.1, 0.15) is 29.3 Å². The number of nitrogens with zero attached hydrogens (tertiary/aromatic N) is 1. The summed E-state index contributed by atoms with van der Waals surface area (Å²) in [4.78, 5) is 58.8. The van der Waals surface area contributed by atoms with Crippen molar-refractivity contribution < 1.29 is 52.1 Å². The van der Waals surface area contributed by atoms with Gasteiger partial charge in [0, 0.05) is 23.2 Å². The van der Waals surface area contributed by atoms with Gasteiger partial charge in [0.25, 0.3) is 11.7 Å². The molecule has 54 heavy (non-hydrogen) atoms. The average molecular weight is 767 g/mol. The number of ketones is 3. The summed E-state index contributed by atoms with van der Waals surface area (Å²) in [5.41, 5.74) is 1.13. The molecule has 14 heteroatoms. The van der Waals surface area contributed by atoms with E-state index in [1.165, 1.54) is 43.3 Å². The third-order valence-electron chi connectivity index (χ3n) is 8.33. The molecule has 1 heterocycles. The van der Waals surface area contributed by atoms with Crippen LogP contribution in [0.2, 0.25) is 5.02 Å². The van der Waals surface area contributed by atoms with E-state index in [9.17, 15) is 42.3 Å². The Labute approximate surface area is 314 Å². The first-order chi connectivity index (χ1) is 25.7. The predicted octanol–water partition coefficient (Wildman–Crippen LogP) is 6.64. The predicted molar refractivity (Wildman–Crippen MR) is 193 cm³/mol. The zero-order valence-electron chi connectivity index (χ0n) is 29.1. The molecule has 1 aliphatic heterocycles. The van der Waals surface area contributed by atoms with Crippen LogP contribution in [0.15, 0.2) is 91.0 Å². The quantitative estimate of drug-likeness (QED) is 0.107. The molecule has 2 aliphatic rings. The van der Waals surface area contributed by atoms with Crippen LogP contribution in [0.25, 0.3) is 0 Å². The Kier molecular flexibility index (Phi) is 15.0. The van der Waals surface area contributed by atoms with Crippen LogP contribution in [-0.2, 0) is 9.59 Å². The van der Waals surface area contributed by atoms with Crippen molar-refractivity contribution >= 4 is 40.8 Å². The van der Waals surface area contributed by atoms with E-state index in [1.807, 2.05) is 0 Å². The van der Waals surface area contributed by atoms with Gasteiger partial charge in [0.2, 0.25) is 5.78 Å². The van der Waals surface area contributed by atoms with Crippen molar-refractivity contribution in [1.82, 2.24) is 10.2 Å². The second kappa shape index (κ2) is 19.6.